The molecule has 1 saturated carbocycles. The zero-order chi connectivity index (χ0) is 19.7. The first kappa shape index (κ1) is 22.3. The molecule has 0 aromatic heterocycles. The highest BCUT2D eigenvalue weighted by molar-refractivity contribution is 6.74. The Kier molecular flexibility index (Phi) is 7.32. The Balaban J connectivity index is 1.98. The van der Waals surface area contributed by atoms with E-state index >= 15 is 0 Å². The average molecular weight is 391 g/mol. The Labute approximate surface area is 159 Å². The Morgan fingerprint density at radius 1 is 1.04 bits per heavy atom. The first-order valence-electron chi connectivity index (χ1n) is 9.91. The van der Waals surface area contributed by atoms with Gasteiger partial charge in [-0.2, -0.15) is 0 Å². The molecule has 2 rings (SSSR count). The third-order valence-electron chi connectivity index (χ3n) is 6.30. The summed E-state index contributed by atoms with van der Waals surface area (Å²) in [7, 11) is -2.01. The minimum Gasteiger partial charge on any atom is -0.414 e. The summed E-state index contributed by atoms with van der Waals surface area (Å²) in [5.74, 6) is 0.586. The van der Waals surface area contributed by atoms with Gasteiger partial charge in [0.1, 0.15) is 24.4 Å². The Morgan fingerprint density at radius 2 is 1.69 bits per heavy atom. The molecule has 2 fully saturated rings. The summed E-state index contributed by atoms with van der Waals surface area (Å²) >= 11 is 0. The normalized spacial score (nSPS) is 39.8. The van der Waals surface area contributed by atoms with Gasteiger partial charge in [-0.05, 0) is 36.9 Å². The van der Waals surface area contributed by atoms with E-state index in [1.807, 2.05) is 0 Å². The van der Waals surface area contributed by atoms with Crippen LogP contribution in [-0.4, -0.2) is 67.1 Å². The molecule has 0 spiro atoms. The Hall–Kier alpha value is -0.0231. The number of hydrogen-bond donors (Lipinski definition) is 3. The number of aliphatic hydroxyl groups excluding tert-OH is 3. The molecular formula is C19H38O6Si. The fourth-order valence-electron chi connectivity index (χ4n) is 3.37. The van der Waals surface area contributed by atoms with Crippen LogP contribution in [0.1, 0.15) is 53.4 Å². The molecule has 1 saturated heterocycles. The lowest BCUT2D eigenvalue weighted by Crippen LogP contribution is -2.60. The molecule has 2 aliphatic rings. The highest BCUT2D eigenvalue weighted by Crippen LogP contribution is 2.37. The maximum absolute atomic E-state index is 10.3. The number of ether oxygens (including phenoxy) is 2. The smallest absolute Gasteiger partial charge is 0.192 e. The van der Waals surface area contributed by atoms with Crippen molar-refractivity contribution in [3.63, 3.8) is 0 Å². The standard InChI is InChI=1S/C19H38O6Si/c1-12-8-7-9-13(10-12)24-18-17(22)16(21)15(20)14(25-18)11-23-26(5,6)19(2,3)4/h12-18,20-22H,7-11H2,1-6H3. The van der Waals surface area contributed by atoms with Crippen LogP contribution in [-0.2, 0) is 13.9 Å². The van der Waals surface area contributed by atoms with Crippen LogP contribution in [0.25, 0.3) is 0 Å². The predicted octanol–water partition coefficient (Wildman–Crippen LogP) is 2.41. The molecule has 1 aliphatic heterocycles. The predicted molar refractivity (Wildman–Crippen MR) is 102 cm³/mol. The SMILES string of the molecule is CC1CCCC(OC2OC(CO[Si](C)(C)C(C)(C)C)C(O)C(O)C2O)C1. The monoisotopic (exact) mass is 390 g/mol. The van der Waals surface area contributed by atoms with Crippen molar-refractivity contribution in [2.24, 2.45) is 5.92 Å². The number of hydrogen-bond acceptors (Lipinski definition) is 6. The van der Waals surface area contributed by atoms with E-state index in [0.717, 1.165) is 19.3 Å². The van der Waals surface area contributed by atoms with E-state index < -0.39 is 39.0 Å². The van der Waals surface area contributed by atoms with E-state index in [-0.39, 0.29) is 17.7 Å². The molecule has 0 radical (unpaired) electrons. The highest BCUT2D eigenvalue weighted by atomic mass is 28.4. The molecule has 7 atom stereocenters. The van der Waals surface area contributed by atoms with E-state index in [2.05, 4.69) is 40.8 Å². The highest BCUT2D eigenvalue weighted by Gasteiger charge is 2.46. The summed E-state index contributed by atoms with van der Waals surface area (Å²) in [6.45, 7) is 13.1. The van der Waals surface area contributed by atoms with Gasteiger partial charge < -0.3 is 29.2 Å². The van der Waals surface area contributed by atoms with Crippen molar-refractivity contribution in [2.45, 2.75) is 108 Å². The number of rotatable bonds is 5. The molecule has 154 valence electrons. The van der Waals surface area contributed by atoms with Gasteiger partial charge in [0.2, 0.25) is 0 Å². The first-order chi connectivity index (χ1) is 11.9. The second kappa shape index (κ2) is 8.55. The van der Waals surface area contributed by atoms with Crippen molar-refractivity contribution >= 4 is 8.32 Å². The molecule has 3 N–H and O–H groups in total. The summed E-state index contributed by atoms with van der Waals surface area (Å²) in [6, 6.07) is 0. The van der Waals surface area contributed by atoms with Crippen molar-refractivity contribution in [1.29, 1.82) is 0 Å². The third kappa shape index (κ3) is 5.28. The molecule has 1 aliphatic carbocycles. The number of aliphatic hydroxyl groups is 3. The Bertz CT molecular complexity index is 452. The van der Waals surface area contributed by atoms with Crippen LogP contribution >= 0.6 is 0 Å². The van der Waals surface area contributed by atoms with Gasteiger partial charge >= 0.3 is 0 Å². The van der Waals surface area contributed by atoms with Crippen LogP contribution in [0, 0.1) is 5.92 Å². The summed E-state index contributed by atoms with van der Waals surface area (Å²) < 4.78 is 18.0. The van der Waals surface area contributed by atoms with Crippen LogP contribution in [0.2, 0.25) is 18.1 Å². The molecular weight excluding hydrogens is 352 g/mol. The van der Waals surface area contributed by atoms with E-state index in [4.69, 9.17) is 13.9 Å². The third-order valence-corrected chi connectivity index (χ3v) is 10.8. The Morgan fingerprint density at radius 3 is 2.27 bits per heavy atom. The fraction of sp³-hybridized carbons (Fsp3) is 1.00. The fourth-order valence-corrected chi connectivity index (χ4v) is 4.38. The van der Waals surface area contributed by atoms with Crippen LogP contribution in [0.3, 0.4) is 0 Å². The van der Waals surface area contributed by atoms with Crippen LogP contribution in [0.15, 0.2) is 0 Å². The summed E-state index contributed by atoms with van der Waals surface area (Å²) in [5.41, 5.74) is 0. The molecule has 7 unspecified atom stereocenters. The lowest BCUT2D eigenvalue weighted by molar-refractivity contribution is -0.313. The lowest BCUT2D eigenvalue weighted by atomic mass is 9.88. The second-order valence-electron chi connectivity index (χ2n) is 9.62. The minimum absolute atomic E-state index is 0.0165. The maximum atomic E-state index is 10.3. The van der Waals surface area contributed by atoms with Gasteiger partial charge in [0.05, 0.1) is 12.7 Å². The van der Waals surface area contributed by atoms with Crippen molar-refractivity contribution in [2.75, 3.05) is 6.61 Å². The van der Waals surface area contributed by atoms with Gasteiger partial charge in [0.25, 0.3) is 0 Å². The van der Waals surface area contributed by atoms with Crippen molar-refractivity contribution in [3.8, 4) is 0 Å². The molecule has 6 nitrogen and oxygen atoms in total. The van der Waals surface area contributed by atoms with E-state index in [1.165, 1.54) is 6.42 Å². The summed E-state index contributed by atoms with van der Waals surface area (Å²) in [6.07, 6.45) is -1.24. The van der Waals surface area contributed by atoms with Gasteiger partial charge in [-0.1, -0.05) is 40.5 Å². The zero-order valence-electron chi connectivity index (χ0n) is 17.1. The van der Waals surface area contributed by atoms with Crippen molar-refractivity contribution < 1.29 is 29.2 Å². The molecule has 7 heteroatoms. The van der Waals surface area contributed by atoms with Gasteiger partial charge in [-0.25, -0.2) is 0 Å². The lowest BCUT2D eigenvalue weighted by Gasteiger charge is -2.44. The van der Waals surface area contributed by atoms with Crippen LogP contribution in [0.5, 0.6) is 0 Å². The zero-order valence-corrected chi connectivity index (χ0v) is 18.1. The van der Waals surface area contributed by atoms with E-state index in [0.29, 0.717) is 5.92 Å². The second-order valence-corrected chi connectivity index (χ2v) is 14.4. The van der Waals surface area contributed by atoms with Gasteiger partial charge in [0, 0.05) is 0 Å². The van der Waals surface area contributed by atoms with E-state index in [1.54, 1.807) is 0 Å². The quantitative estimate of drug-likeness (QED) is 0.625. The summed E-state index contributed by atoms with van der Waals surface area (Å²) in [4.78, 5) is 0. The molecule has 0 bridgehead atoms. The van der Waals surface area contributed by atoms with Gasteiger partial charge in [-0.3, -0.25) is 0 Å². The topological polar surface area (TPSA) is 88.4 Å². The van der Waals surface area contributed by atoms with Crippen molar-refractivity contribution in [1.82, 2.24) is 0 Å². The summed E-state index contributed by atoms with van der Waals surface area (Å²) in [5, 5.41) is 30.9. The maximum Gasteiger partial charge on any atom is 0.192 e. The van der Waals surface area contributed by atoms with E-state index in [9.17, 15) is 15.3 Å². The van der Waals surface area contributed by atoms with Gasteiger partial charge in [0.15, 0.2) is 14.6 Å². The largest absolute Gasteiger partial charge is 0.414 e. The van der Waals surface area contributed by atoms with Crippen molar-refractivity contribution in [3.05, 3.63) is 0 Å². The molecule has 0 amide bonds. The first-order valence-corrected chi connectivity index (χ1v) is 12.8. The van der Waals surface area contributed by atoms with Gasteiger partial charge in [-0.15, -0.1) is 0 Å². The molecule has 0 aromatic carbocycles. The molecule has 0 aromatic rings. The van der Waals surface area contributed by atoms with Crippen LogP contribution in [0.4, 0.5) is 0 Å². The van der Waals surface area contributed by atoms with Crippen LogP contribution < -0.4 is 0 Å². The minimum atomic E-state index is -2.01. The average Bonchev–Trinajstić information content (AvgIpc) is 2.53. The molecule has 26 heavy (non-hydrogen) atoms. The molecule has 1 heterocycles.